The van der Waals surface area contributed by atoms with Crippen molar-refractivity contribution >= 4 is 38.7 Å². The number of sulfonamides is 1. The summed E-state index contributed by atoms with van der Waals surface area (Å²) < 4.78 is 26.8. The van der Waals surface area contributed by atoms with E-state index in [1.54, 1.807) is 19.2 Å². The highest BCUT2D eigenvalue weighted by atomic mass is 32.2. The highest BCUT2D eigenvalue weighted by molar-refractivity contribution is 7.89. The van der Waals surface area contributed by atoms with Gasteiger partial charge < -0.3 is 5.11 Å². The summed E-state index contributed by atoms with van der Waals surface area (Å²) in [6, 6.07) is 3.72. The topological polar surface area (TPSA) is 74.7 Å². The second-order valence-electron chi connectivity index (χ2n) is 4.39. The second-order valence-corrected chi connectivity index (χ2v) is 8.18. The van der Waals surface area contributed by atoms with E-state index < -0.39 is 16.0 Å². The fourth-order valence-corrected chi connectivity index (χ4v) is 5.79. The Morgan fingerprint density at radius 2 is 2.10 bits per heavy atom. The molecule has 0 atom stereocenters. The molecule has 0 aliphatic carbocycles. The molecule has 114 valence electrons. The lowest BCUT2D eigenvalue weighted by Crippen LogP contribution is -2.31. The second kappa shape index (κ2) is 6.27. The molecule has 2 heterocycles. The standard InChI is InChI=1S/C13H15NO4S3/c1-3-14(7-10-5-4-6-19-10)21(17,18)12-9(2)8-20-11(12)13(15)16/h4-6,8H,3,7H2,1-2H3,(H,15,16). The van der Waals surface area contributed by atoms with Gasteiger partial charge in [0.15, 0.2) is 0 Å². The normalized spacial score (nSPS) is 12.0. The number of rotatable bonds is 6. The Hall–Kier alpha value is -1.22. The van der Waals surface area contributed by atoms with Gasteiger partial charge in [-0.05, 0) is 29.3 Å². The zero-order chi connectivity index (χ0) is 15.6. The summed E-state index contributed by atoms with van der Waals surface area (Å²) in [7, 11) is -3.82. The van der Waals surface area contributed by atoms with Gasteiger partial charge in [-0.1, -0.05) is 13.0 Å². The number of hydrogen-bond donors (Lipinski definition) is 1. The molecule has 2 aromatic heterocycles. The summed E-state index contributed by atoms with van der Waals surface area (Å²) in [5, 5.41) is 12.6. The third kappa shape index (κ3) is 3.18. The molecule has 0 spiro atoms. The summed E-state index contributed by atoms with van der Waals surface area (Å²) in [5.41, 5.74) is 0.474. The van der Waals surface area contributed by atoms with Gasteiger partial charge in [-0.2, -0.15) is 4.31 Å². The maximum Gasteiger partial charge on any atom is 0.347 e. The average Bonchev–Trinajstić information content (AvgIpc) is 3.04. The molecule has 0 amide bonds. The van der Waals surface area contributed by atoms with E-state index in [2.05, 4.69) is 0 Å². The predicted molar refractivity (Wildman–Crippen MR) is 83.6 cm³/mol. The quantitative estimate of drug-likeness (QED) is 0.873. The molecule has 2 aromatic rings. The minimum absolute atomic E-state index is 0.0848. The molecule has 0 aromatic carbocycles. The lowest BCUT2D eigenvalue weighted by atomic mass is 10.3. The van der Waals surface area contributed by atoms with E-state index in [9.17, 15) is 18.3 Å². The Balaban J connectivity index is 2.45. The number of carboxylic acids is 1. The number of hydrogen-bond acceptors (Lipinski definition) is 5. The highest BCUT2D eigenvalue weighted by Crippen LogP contribution is 2.30. The molecule has 0 saturated carbocycles. The van der Waals surface area contributed by atoms with Gasteiger partial charge in [0.2, 0.25) is 10.0 Å². The van der Waals surface area contributed by atoms with Crippen LogP contribution >= 0.6 is 22.7 Å². The van der Waals surface area contributed by atoms with Crippen molar-refractivity contribution in [2.24, 2.45) is 0 Å². The largest absolute Gasteiger partial charge is 0.477 e. The first kappa shape index (κ1) is 16.2. The van der Waals surface area contributed by atoms with E-state index in [0.717, 1.165) is 16.2 Å². The van der Waals surface area contributed by atoms with Gasteiger partial charge in [0.25, 0.3) is 0 Å². The molecule has 0 radical (unpaired) electrons. The molecule has 0 aliphatic heterocycles. The third-order valence-electron chi connectivity index (χ3n) is 2.98. The number of carboxylic acid groups (broad SMARTS) is 1. The first-order valence-electron chi connectivity index (χ1n) is 6.21. The summed E-state index contributed by atoms with van der Waals surface area (Å²) in [6.45, 7) is 3.90. The summed E-state index contributed by atoms with van der Waals surface area (Å²) in [5.74, 6) is -1.21. The van der Waals surface area contributed by atoms with Crippen molar-refractivity contribution in [3.63, 3.8) is 0 Å². The Labute approximate surface area is 131 Å². The summed E-state index contributed by atoms with van der Waals surface area (Å²) >= 11 is 2.42. The number of aryl methyl sites for hydroxylation is 1. The Morgan fingerprint density at radius 3 is 2.62 bits per heavy atom. The molecule has 0 unspecified atom stereocenters. The zero-order valence-corrected chi connectivity index (χ0v) is 14.0. The van der Waals surface area contributed by atoms with Crippen molar-refractivity contribution in [1.29, 1.82) is 0 Å². The van der Waals surface area contributed by atoms with E-state index >= 15 is 0 Å². The van der Waals surface area contributed by atoms with Crippen molar-refractivity contribution in [2.75, 3.05) is 6.54 Å². The van der Waals surface area contributed by atoms with Crippen LogP contribution in [0.25, 0.3) is 0 Å². The van der Waals surface area contributed by atoms with E-state index in [0.29, 0.717) is 5.56 Å². The zero-order valence-electron chi connectivity index (χ0n) is 11.6. The summed E-state index contributed by atoms with van der Waals surface area (Å²) in [6.07, 6.45) is 0. The Kier molecular flexibility index (Phi) is 4.82. The van der Waals surface area contributed by atoms with Crippen molar-refractivity contribution in [2.45, 2.75) is 25.3 Å². The number of thiophene rings is 2. The molecule has 8 heteroatoms. The predicted octanol–water partition coefficient (Wildman–Crippen LogP) is 3.03. The first-order valence-corrected chi connectivity index (χ1v) is 9.41. The summed E-state index contributed by atoms with van der Waals surface area (Å²) in [4.78, 5) is 11.9. The first-order chi connectivity index (χ1) is 9.87. The van der Waals surface area contributed by atoms with Crippen LogP contribution in [0.1, 0.15) is 27.0 Å². The maximum absolute atomic E-state index is 12.8. The molecule has 0 saturated heterocycles. The van der Waals surface area contributed by atoms with Crippen LogP contribution in [0, 0.1) is 6.92 Å². The molecular weight excluding hydrogens is 330 g/mol. The molecule has 0 aliphatic rings. The van der Waals surface area contributed by atoms with Crippen LogP contribution in [0.4, 0.5) is 0 Å². The van der Waals surface area contributed by atoms with Crippen LogP contribution in [0.15, 0.2) is 27.8 Å². The molecule has 2 rings (SSSR count). The van der Waals surface area contributed by atoms with Crippen molar-refractivity contribution < 1.29 is 18.3 Å². The van der Waals surface area contributed by atoms with Gasteiger partial charge in [-0.25, -0.2) is 13.2 Å². The number of nitrogens with zero attached hydrogens (tertiary/aromatic N) is 1. The molecule has 5 nitrogen and oxygen atoms in total. The molecule has 0 bridgehead atoms. The fourth-order valence-electron chi connectivity index (χ4n) is 1.97. The number of carbonyl (C=O) groups is 1. The van der Waals surface area contributed by atoms with Crippen molar-refractivity contribution in [3.8, 4) is 0 Å². The molecule has 21 heavy (non-hydrogen) atoms. The maximum atomic E-state index is 12.8. The van der Waals surface area contributed by atoms with E-state index in [1.165, 1.54) is 15.6 Å². The Morgan fingerprint density at radius 1 is 1.38 bits per heavy atom. The van der Waals surface area contributed by atoms with E-state index in [-0.39, 0.29) is 22.9 Å². The minimum atomic E-state index is -3.82. The van der Waals surface area contributed by atoms with Gasteiger partial charge >= 0.3 is 5.97 Å². The molecular formula is C13H15NO4S3. The van der Waals surface area contributed by atoms with Crippen LogP contribution in [-0.2, 0) is 16.6 Å². The van der Waals surface area contributed by atoms with Crippen LogP contribution in [0.5, 0.6) is 0 Å². The van der Waals surface area contributed by atoms with Crippen molar-refractivity contribution in [1.82, 2.24) is 4.31 Å². The van der Waals surface area contributed by atoms with Crippen LogP contribution in [0.3, 0.4) is 0 Å². The SMILES string of the molecule is CCN(Cc1cccs1)S(=O)(=O)c1c(C)csc1C(=O)O. The van der Waals surface area contributed by atoms with Gasteiger partial charge in [0.1, 0.15) is 9.77 Å². The van der Waals surface area contributed by atoms with Gasteiger partial charge in [-0.3, -0.25) is 0 Å². The lowest BCUT2D eigenvalue weighted by Gasteiger charge is -2.20. The smallest absolute Gasteiger partial charge is 0.347 e. The van der Waals surface area contributed by atoms with Crippen LogP contribution < -0.4 is 0 Å². The number of aromatic carboxylic acids is 1. The lowest BCUT2D eigenvalue weighted by molar-refractivity contribution is 0.0698. The monoisotopic (exact) mass is 345 g/mol. The van der Waals surface area contributed by atoms with Crippen molar-refractivity contribution in [3.05, 3.63) is 38.2 Å². The minimum Gasteiger partial charge on any atom is -0.477 e. The highest BCUT2D eigenvalue weighted by Gasteiger charge is 2.31. The van der Waals surface area contributed by atoms with Crippen LogP contribution in [0.2, 0.25) is 0 Å². The fraction of sp³-hybridized carbons (Fsp3) is 0.308. The van der Waals surface area contributed by atoms with E-state index in [4.69, 9.17) is 0 Å². The average molecular weight is 345 g/mol. The molecule has 0 fully saturated rings. The van der Waals surface area contributed by atoms with Crippen LogP contribution in [-0.4, -0.2) is 30.3 Å². The van der Waals surface area contributed by atoms with Gasteiger partial charge in [0, 0.05) is 18.0 Å². The molecule has 1 N–H and O–H groups in total. The van der Waals surface area contributed by atoms with Gasteiger partial charge in [-0.15, -0.1) is 22.7 Å². The Bertz CT molecular complexity index is 732. The van der Waals surface area contributed by atoms with E-state index in [1.807, 2.05) is 17.5 Å². The van der Waals surface area contributed by atoms with Gasteiger partial charge in [0.05, 0.1) is 0 Å². The third-order valence-corrected chi connectivity index (χ3v) is 7.16.